The van der Waals surface area contributed by atoms with Gasteiger partial charge in [-0.3, -0.25) is 4.79 Å². The fourth-order valence-corrected chi connectivity index (χ4v) is 0.771. The number of carbonyl (C=O) groups is 1. The summed E-state index contributed by atoms with van der Waals surface area (Å²) < 4.78 is 0. The molecule has 0 spiro atoms. The van der Waals surface area contributed by atoms with Gasteiger partial charge in [-0.2, -0.15) is 0 Å². The number of carbonyl (C=O) groups excluding carboxylic acids is 1. The number of aromatic hydroxyl groups is 1. The fraction of sp³-hybridized carbons (Fsp3) is 0.222. The van der Waals surface area contributed by atoms with Gasteiger partial charge in [0, 0.05) is 7.11 Å². The lowest BCUT2D eigenvalue weighted by Gasteiger charge is -1.96. The van der Waals surface area contributed by atoms with E-state index in [0.29, 0.717) is 5.56 Å². The summed E-state index contributed by atoms with van der Waals surface area (Å²) in [6.45, 7) is 1.43. The number of ketones is 1. The van der Waals surface area contributed by atoms with Gasteiger partial charge in [0.25, 0.3) is 0 Å². The van der Waals surface area contributed by atoms with E-state index in [1.165, 1.54) is 13.0 Å². The van der Waals surface area contributed by atoms with Crippen molar-refractivity contribution in [1.29, 1.82) is 0 Å². The Bertz CT molecular complexity index is 256. The number of hydrogen-bond acceptors (Lipinski definition) is 3. The molecular formula is C9H12O3. The van der Waals surface area contributed by atoms with Crippen molar-refractivity contribution in [3.63, 3.8) is 0 Å². The third-order valence-corrected chi connectivity index (χ3v) is 1.28. The average molecular weight is 168 g/mol. The van der Waals surface area contributed by atoms with Gasteiger partial charge in [-0.1, -0.05) is 12.1 Å². The number of aliphatic hydroxyl groups excluding tert-OH is 1. The zero-order valence-corrected chi connectivity index (χ0v) is 7.11. The molecule has 1 aromatic rings. The van der Waals surface area contributed by atoms with E-state index in [9.17, 15) is 4.79 Å². The molecule has 3 heteroatoms. The van der Waals surface area contributed by atoms with E-state index in [1.54, 1.807) is 18.2 Å². The maximum absolute atomic E-state index is 10.7. The van der Waals surface area contributed by atoms with Gasteiger partial charge in [-0.15, -0.1) is 0 Å². The molecule has 0 aromatic heterocycles. The van der Waals surface area contributed by atoms with Crippen LogP contribution in [0.2, 0.25) is 0 Å². The molecule has 0 radical (unpaired) electrons. The number of rotatable bonds is 1. The van der Waals surface area contributed by atoms with Crippen LogP contribution in [0.5, 0.6) is 5.75 Å². The highest BCUT2D eigenvalue weighted by molar-refractivity contribution is 5.96. The van der Waals surface area contributed by atoms with Crippen molar-refractivity contribution < 1.29 is 15.0 Å². The van der Waals surface area contributed by atoms with Gasteiger partial charge in [0.05, 0.1) is 5.56 Å². The number of Topliss-reactive ketones (excluding diaryl/α,β-unsaturated/α-hetero) is 1. The first-order valence-corrected chi connectivity index (χ1v) is 3.45. The van der Waals surface area contributed by atoms with Crippen molar-refractivity contribution in [1.82, 2.24) is 0 Å². The first-order valence-electron chi connectivity index (χ1n) is 3.45. The van der Waals surface area contributed by atoms with Gasteiger partial charge in [-0.25, -0.2) is 0 Å². The Morgan fingerprint density at radius 2 is 1.75 bits per heavy atom. The quantitative estimate of drug-likeness (QED) is 0.619. The molecule has 0 aliphatic heterocycles. The predicted octanol–water partition coefficient (Wildman–Crippen LogP) is 1.20. The van der Waals surface area contributed by atoms with Crippen LogP contribution < -0.4 is 0 Å². The molecule has 1 rings (SSSR count). The van der Waals surface area contributed by atoms with Gasteiger partial charge in [0.1, 0.15) is 5.75 Å². The molecule has 12 heavy (non-hydrogen) atoms. The van der Waals surface area contributed by atoms with Crippen molar-refractivity contribution in [3.05, 3.63) is 29.8 Å². The largest absolute Gasteiger partial charge is 0.507 e. The molecule has 3 nitrogen and oxygen atoms in total. The number of phenolic OH excluding ortho intramolecular Hbond substituents is 1. The van der Waals surface area contributed by atoms with E-state index in [-0.39, 0.29) is 11.5 Å². The highest BCUT2D eigenvalue weighted by Crippen LogP contribution is 2.15. The molecule has 0 aliphatic rings. The Morgan fingerprint density at radius 1 is 1.25 bits per heavy atom. The second kappa shape index (κ2) is 5.32. The standard InChI is InChI=1S/C8H8O2.CH4O/c1-6(9)7-4-2-3-5-8(7)10;1-2/h2-5,10H,1H3;2H,1H3. The third-order valence-electron chi connectivity index (χ3n) is 1.28. The van der Waals surface area contributed by atoms with E-state index in [4.69, 9.17) is 10.2 Å². The zero-order chi connectivity index (χ0) is 9.56. The molecule has 0 saturated carbocycles. The molecule has 0 amide bonds. The zero-order valence-electron chi connectivity index (χ0n) is 7.11. The summed E-state index contributed by atoms with van der Waals surface area (Å²) in [7, 11) is 1.00. The summed E-state index contributed by atoms with van der Waals surface area (Å²) in [5, 5.41) is 16.1. The van der Waals surface area contributed by atoms with Crippen molar-refractivity contribution >= 4 is 5.78 Å². The Kier molecular flexibility index (Phi) is 4.72. The third kappa shape index (κ3) is 2.72. The van der Waals surface area contributed by atoms with Crippen molar-refractivity contribution in [2.24, 2.45) is 0 Å². The van der Waals surface area contributed by atoms with Crippen LogP contribution in [-0.4, -0.2) is 23.1 Å². The van der Waals surface area contributed by atoms with E-state index in [0.717, 1.165) is 7.11 Å². The second-order valence-electron chi connectivity index (χ2n) is 2.07. The highest BCUT2D eigenvalue weighted by atomic mass is 16.3. The molecule has 2 N–H and O–H groups in total. The van der Waals surface area contributed by atoms with Crippen LogP contribution in [-0.2, 0) is 0 Å². The minimum absolute atomic E-state index is 0.0509. The van der Waals surface area contributed by atoms with Gasteiger partial charge in [0.2, 0.25) is 0 Å². The Balaban J connectivity index is 0.000000561. The van der Waals surface area contributed by atoms with E-state index >= 15 is 0 Å². The summed E-state index contributed by atoms with van der Waals surface area (Å²) in [6.07, 6.45) is 0. The van der Waals surface area contributed by atoms with E-state index in [1.807, 2.05) is 0 Å². The van der Waals surface area contributed by atoms with Gasteiger partial charge >= 0.3 is 0 Å². The van der Waals surface area contributed by atoms with Crippen LogP contribution in [0.25, 0.3) is 0 Å². The first-order chi connectivity index (χ1) is 5.72. The first kappa shape index (κ1) is 10.7. The number of aliphatic hydroxyl groups is 1. The maximum Gasteiger partial charge on any atom is 0.163 e. The number of para-hydroxylation sites is 1. The molecule has 0 bridgehead atoms. The summed E-state index contributed by atoms with van der Waals surface area (Å²) in [6, 6.07) is 6.49. The SMILES string of the molecule is CC(=O)c1ccccc1O.CO. The Hall–Kier alpha value is -1.35. The molecular weight excluding hydrogens is 156 g/mol. The second-order valence-corrected chi connectivity index (χ2v) is 2.07. The number of benzene rings is 1. The summed E-state index contributed by atoms with van der Waals surface area (Å²) >= 11 is 0. The molecule has 66 valence electrons. The molecule has 1 aromatic carbocycles. The van der Waals surface area contributed by atoms with E-state index in [2.05, 4.69) is 0 Å². The molecule has 0 unspecified atom stereocenters. The van der Waals surface area contributed by atoms with Crippen LogP contribution >= 0.6 is 0 Å². The monoisotopic (exact) mass is 168 g/mol. The van der Waals surface area contributed by atoms with Crippen LogP contribution in [0.4, 0.5) is 0 Å². The Morgan fingerprint density at radius 3 is 2.08 bits per heavy atom. The topological polar surface area (TPSA) is 57.5 Å². The molecule has 0 fully saturated rings. The van der Waals surface area contributed by atoms with Crippen LogP contribution in [0, 0.1) is 0 Å². The number of hydrogen-bond donors (Lipinski definition) is 2. The van der Waals surface area contributed by atoms with Crippen molar-refractivity contribution in [2.75, 3.05) is 7.11 Å². The van der Waals surface area contributed by atoms with E-state index < -0.39 is 0 Å². The average Bonchev–Trinajstić information content (AvgIpc) is 2.08. The summed E-state index contributed by atoms with van der Waals surface area (Å²) in [5.41, 5.74) is 0.377. The van der Waals surface area contributed by atoms with Gasteiger partial charge in [0.15, 0.2) is 5.78 Å². The molecule has 0 aliphatic carbocycles. The molecule has 0 heterocycles. The van der Waals surface area contributed by atoms with Crippen LogP contribution in [0.3, 0.4) is 0 Å². The summed E-state index contributed by atoms with van der Waals surface area (Å²) in [5.74, 6) is -0.0619. The lowest BCUT2D eigenvalue weighted by molar-refractivity contribution is 0.101. The van der Waals surface area contributed by atoms with Crippen molar-refractivity contribution in [2.45, 2.75) is 6.92 Å². The smallest absolute Gasteiger partial charge is 0.163 e. The fourth-order valence-electron chi connectivity index (χ4n) is 0.771. The highest BCUT2D eigenvalue weighted by Gasteiger charge is 2.02. The maximum atomic E-state index is 10.7. The number of phenols is 1. The minimum Gasteiger partial charge on any atom is -0.507 e. The normalized spacial score (nSPS) is 8.25. The van der Waals surface area contributed by atoms with Gasteiger partial charge < -0.3 is 10.2 Å². The Labute approximate surface area is 71.3 Å². The predicted molar refractivity (Wildman–Crippen MR) is 46.3 cm³/mol. The lowest BCUT2D eigenvalue weighted by Crippen LogP contribution is -1.90. The molecule has 0 saturated heterocycles. The summed E-state index contributed by atoms with van der Waals surface area (Å²) in [4.78, 5) is 10.7. The van der Waals surface area contributed by atoms with Crippen LogP contribution in [0.1, 0.15) is 17.3 Å². The van der Waals surface area contributed by atoms with Crippen molar-refractivity contribution in [3.8, 4) is 5.75 Å². The minimum atomic E-state index is -0.113. The van der Waals surface area contributed by atoms with Gasteiger partial charge in [-0.05, 0) is 19.1 Å². The van der Waals surface area contributed by atoms with Crippen LogP contribution in [0.15, 0.2) is 24.3 Å². The molecule has 0 atom stereocenters. The lowest BCUT2D eigenvalue weighted by atomic mass is 10.1.